The average molecular weight is 205 g/mol. The van der Waals surface area contributed by atoms with Crippen molar-refractivity contribution in [2.24, 2.45) is 0 Å². The van der Waals surface area contributed by atoms with Crippen LogP contribution in [0, 0.1) is 6.92 Å². The Hall–Kier alpha value is -1.09. The van der Waals surface area contributed by atoms with Crippen molar-refractivity contribution in [2.45, 2.75) is 25.8 Å². The van der Waals surface area contributed by atoms with Crippen molar-refractivity contribution in [2.75, 3.05) is 25.0 Å². The standard InChI is InChI=1S/C12H19N3/c1-10-5-3-7-14-12(10)15-8-4-6-11(15)9-13-2/h3,5,7,11,13H,4,6,8-9H2,1-2H3. The Labute approximate surface area is 91.5 Å². The highest BCUT2D eigenvalue weighted by molar-refractivity contribution is 5.47. The summed E-state index contributed by atoms with van der Waals surface area (Å²) >= 11 is 0. The number of pyridine rings is 1. The van der Waals surface area contributed by atoms with Gasteiger partial charge in [0.25, 0.3) is 0 Å². The number of anilines is 1. The molecule has 0 spiro atoms. The zero-order chi connectivity index (χ0) is 10.7. The zero-order valence-electron chi connectivity index (χ0n) is 9.53. The Morgan fingerprint density at radius 1 is 1.60 bits per heavy atom. The van der Waals surface area contributed by atoms with E-state index in [9.17, 15) is 0 Å². The van der Waals surface area contributed by atoms with Gasteiger partial charge in [-0.2, -0.15) is 0 Å². The Morgan fingerprint density at radius 2 is 2.47 bits per heavy atom. The molecule has 15 heavy (non-hydrogen) atoms. The van der Waals surface area contributed by atoms with Crippen LogP contribution in [0.3, 0.4) is 0 Å². The first kappa shape index (κ1) is 10.4. The summed E-state index contributed by atoms with van der Waals surface area (Å²) in [5.41, 5.74) is 1.28. The van der Waals surface area contributed by atoms with Crippen LogP contribution in [-0.4, -0.2) is 31.2 Å². The molecule has 82 valence electrons. The van der Waals surface area contributed by atoms with Crippen LogP contribution in [0.25, 0.3) is 0 Å². The van der Waals surface area contributed by atoms with Gasteiger partial charge in [0.2, 0.25) is 0 Å². The van der Waals surface area contributed by atoms with E-state index in [-0.39, 0.29) is 0 Å². The number of hydrogen-bond donors (Lipinski definition) is 1. The average Bonchev–Trinajstić information content (AvgIpc) is 2.67. The molecule has 1 aliphatic heterocycles. The van der Waals surface area contributed by atoms with Crippen LogP contribution in [0.1, 0.15) is 18.4 Å². The predicted octanol–water partition coefficient (Wildman–Crippen LogP) is 1.58. The molecule has 2 heterocycles. The first-order chi connectivity index (χ1) is 7.33. The van der Waals surface area contributed by atoms with Gasteiger partial charge in [0, 0.05) is 25.3 Å². The van der Waals surface area contributed by atoms with Gasteiger partial charge in [-0.15, -0.1) is 0 Å². The minimum Gasteiger partial charge on any atom is -0.352 e. The van der Waals surface area contributed by atoms with Crippen LogP contribution in [0.15, 0.2) is 18.3 Å². The molecule has 3 nitrogen and oxygen atoms in total. The fourth-order valence-electron chi connectivity index (χ4n) is 2.34. The Morgan fingerprint density at radius 3 is 3.20 bits per heavy atom. The van der Waals surface area contributed by atoms with E-state index in [1.807, 2.05) is 19.3 Å². The number of nitrogens with zero attached hydrogens (tertiary/aromatic N) is 2. The van der Waals surface area contributed by atoms with Crippen LogP contribution in [0.5, 0.6) is 0 Å². The molecule has 1 N–H and O–H groups in total. The highest BCUT2D eigenvalue weighted by Crippen LogP contribution is 2.25. The molecule has 1 aromatic rings. The quantitative estimate of drug-likeness (QED) is 0.812. The van der Waals surface area contributed by atoms with E-state index in [1.54, 1.807) is 0 Å². The number of hydrogen-bond acceptors (Lipinski definition) is 3. The lowest BCUT2D eigenvalue weighted by molar-refractivity contribution is 0.611. The molecule has 1 aliphatic rings. The fourth-order valence-corrected chi connectivity index (χ4v) is 2.34. The van der Waals surface area contributed by atoms with Crippen molar-refractivity contribution in [1.29, 1.82) is 0 Å². The minimum atomic E-state index is 0.614. The molecule has 0 aliphatic carbocycles. The zero-order valence-corrected chi connectivity index (χ0v) is 9.53. The van der Waals surface area contributed by atoms with Crippen molar-refractivity contribution < 1.29 is 0 Å². The second-order valence-corrected chi connectivity index (χ2v) is 4.19. The van der Waals surface area contributed by atoms with Gasteiger partial charge in [-0.3, -0.25) is 0 Å². The van der Waals surface area contributed by atoms with Gasteiger partial charge < -0.3 is 10.2 Å². The molecule has 2 rings (SSSR count). The first-order valence-electron chi connectivity index (χ1n) is 5.66. The summed E-state index contributed by atoms with van der Waals surface area (Å²) in [5, 5.41) is 3.26. The lowest BCUT2D eigenvalue weighted by Gasteiger charge is -2.26. The van der Waals surface area contributed by atoms with Crippen molar-refractivity contribution >= 4 is 5.82 Å². The van der Waals surface area contributed by atoms with E-state index in [1.165, 1.54) is 18.4 Å². The maximum Gasteiger partial charge on any atom is 0.131 e. The fraction of sp³-hybridized carbons (Fsp3) is 0.583. The molecule has 0 aromatic carbocycles. The third kappa shape index (κ3) is 2.12. The van der Waals surface area contributed by atoms with Crippen LogP contribution in [0.4, 0.5) is 5.82 Å². The number of nitrogens with one attached hydrogen (secondary N) is 1. The predicted molar refractivity (Wildman–Crippen MR) is 63.3 cm³/mol. The highest BCUT2D eigenvalue weighted by atomic mass is 15.2. The van der Waals surface area contributed by atoms with Crippen molar-refractivity contribution in [1.82, 2.24) is 10.3 Å². The van der Waals surface area contributed by atoms with Crippen molar-refractivity contribution in [3.8, 4) is 0 Å². The third-order valence-electron chi connectivity index (χ3n) is 3.07. The van der Waals surface area contributed by atoms with Gasteiger partial charge in [-0.05, 0) is 38.4 Å². The van der Waals surface area contributed by atoms with Gasteiger partial charge in [-0.1, -0.05) is 6.07 Å². The minimum absolute atomic E-state index is 0.614. The topological polar surface area (TPSA) is 28.2 Å². The van der Waals surface area contributed by atoms with E-state index in [0.29, 0.717) is 6.04 Å². The Bertz CT molecular complexity index is 324. The molecule has 1 aromatic heterocycles. The maximum atomic E-state index is 4.49. The smallest absolute Gasteiger partial charge is 0.131 e. The summed E-state index contributed by atoms with van der Waals surface area (Å²) < 4.78 is 0. The molecule has 0 radical (unpaired) electrons. The molecule has 1 fully saturated rings. The van der Waals surface area contributed by atoms with E-state index in [4.69, 9.17) is 0 Å². The lowest BCUT2D eigenvalue weighted by atomic mass is 10.2. The molecule has 3 heteroatoms. The van der Waals surface area contributed by atoms with Crippen molar-refractivity contribution in [3.05, 3.63) is 23.9 Å². The van der Waals surface area contributed by atoms with Crippen LogP contribution in [-0.2, 0) is 0 Å². The van der Waals surface area contributed by atoms with Crippen molar-refractivity contribution in [3.63, 3.8) is 0 Å². The molecule has 1 unspecified atom stereocenters. The summed E-state index contributed by atoms with van der Waals surface area (Å²) in [4.78, 5) is 6.93. The maximum absolute atomic E-state index is 4.49. The first-order valence-corrected chi connectivity index (χ1v) is 5.66. The SMILES string of the molecule is CNCC1CCCN1c1ncccc1C. The second-order valence-electron chi connectivity index (χ2n) is 4.19. The molecule has 1 saturated heterocycles. The summed E-state index contributed by atoms with van der Waals surface area (Å²) in [6.07, 6.45) is 4.44. The monoisotopic (exact) mass is 205 g/mol. The van der Waals surface area contributed by atoms with Crippen LogP contribution in [0.2, 0.25) is 0 Å². The molecular weight excluding hydrogens is 186 g/mol. The summed E-state index contributed by atoms with van der Waals surface area (Å²) in [6.45, 7) is 4.33. The Balaban J connectivity index is 2.19. The Kier molecular flexibility index (Phi) is 3.21. The largest absolute Gasteiger partial charge is 0.352 e. The lowest BCUT2D eigenvalue weighted by Crippen LogP contribution is -2.37. The number of aryl methyl sites for hydroxylation is 1. The van der Waals surface area contributed by atoms with Gasteiger partial charge in [0.15, 0.2) is 0 Å². The van der Waals surface area contributed by atoms with Gasteiger partial charge in [0.1, 0.15) is 5.82 Å². The molecule has 0 saturated carbocycles. The van der Waals surface area contributed by atoms with Gasteiger partial charge >= 0.3 is 0 Å². The third-order valence-corrected chi connectivity index (χ3v) is 3.07. The second kappa shape index (κ2) is 4.62. The summed E-state index contributed by atoms with van der Waals surface area (Å²) in [6, 6.07) is 4.75. The number of rotatable bonds is 3. The van der Waals surface area contributed by atoms with E-state index in [0.717, 1.165) is 18.9 Å². The normalized spacial score (nSPS) is 20.9. The van der Waals surface area contributed by atoms with Gasteiger partial charge in [0.05, 0.1) is 0 Å². The van der Waals surface area contributed by atoms with Gasteiger partial charge in [-0.25, -0.2) is 4.98 Å². The molecule has 0 bridgehead atoms. The van der Waals surface area contributed by atoms with Crippen LogP contribution < -0.4 is 10.2 Å². The summed E-state index contributed by atoms with van der Waals surface area (Å²) in [7, 11) is 2.02. The van der Waals surface area contributed by atoms with E-state index in [2.05, 4.69) is 28.2 Å². The number of aromatic nitrogens is 1. The number of likely N-dealkylation sites (N-methyl/N-ethyl adjacent to an activating group) is 1. The highest BCUT2D eigenvalue weighted by Gasteiger charge is 2.25. The van der Waals surface area contributed by atoms with E-state index < -0.39 is 0 Å². The summed E-state index contributed by atoms with van der Waals surface area (Å²) in [5.74, 6) is 1.16. The van der Waals surface area contributed by atoms with Crippen LogP contribution >= 0.6 is 0 Å². The molecule has 1 atom stereocenters. The van der Waals surface area contributed by atoms with E-state index >= 15 is 0 Å². The molecular formula is C12H19N3. The molecule has 0 amide bonds.